The van der Waals surface area contributed by atoms with E-state index >= 15 is 0 Å². The van der Waals surface area contributed by atoms with Crippen LogP contribution in [0.5, 0.6) is 5.75 Å². The zero-order chi connectivity index (χ0) is 22.8. The zero-order valence-corrected chi connectivity index (χ0v) is 20.3. The molecule has 0 bridgehead atoms. The Labute approximate surface area is 193 Å². The number of thiophene rings is 1. The van der Waals surface area contributed by atoms with Crippen molar-refractivity contribution >= 4 is 39.6 Å². The smallest absolute Gasteiger partial charge is 0.257 e. The molecule has 164 valence electrons. The summed E-state index contributed by atoms with van der Waals surface area (Å²) < 4.78 is 5.65. The Morgan fingerprint density at radius 2 is 2.10 bits per heavy atom. The number of nitrogens with one attached hydrogen (secondary N) is 2. The van der Waals surface area contributed by atoms with Crippen molar-refractivity contribution in [2.75, 3.05) is 5.32 Å². The van der Waals surface area contributed by atoms with Crippen molar-refractivity contribution in [1.82, 2.24) is 5.32 Å². The summed E-state index contributed by atoms with van der Waals surface area (Å²) in [5.74, 6) is 0.900. The van der Waals surface area contributed by atoms with Crippen LogP contribution in [0.4, 0.5) is 5.00 Å². The van der Waals surface area contributed by atoms with Gasteiger partial charge in [0.05, 0.1) is 11.7 Å². The van der Waals surface area contributed by atoms with Gasteiger partial charge in [-0.2, -0.15) is 5.26 Å². The lowest BCUT2D eigenvalue weighted by Crippen LogP contribution is -2.34. The molecule has 1 aromatic heterocycles. The second-order valence-corrected chi connectivity index (χ2v) is 10.7. The van der Waals surface area contributed by atoms with E-state index in [1.54, 1.807) is 29.5 Å². The molecule has 0 saturated heterocycles. The molecule has 1 aliphatic rings. The molecule has 1 atom stereocenters. The van der Waals surface area contributed by atoms with E-state index in [9.17, 15) is 10.1 Å². The highest BCUT2D eigenvalue weighted by atomic mass is 32.1. The molecule has 7 heteroatoms. The minimum absolute atomic E-state index is 0.0215. The SMILES string of the molecule is CC(C)Oc1cccc(C(=O)NC(=S)Nc2sc3c(c2C#N)CCC(C(C)(C)C)C3)c1. The summed E-state index contributed by atoms with van der Waals surface area (Å²) in [6, 6.07) is 9.32. The predicted octanol–water partition coefficient (Wildman–Crippen LogP) is 5.68. The lowest BCUT2D eigenvalue weighted by molar-refractivity contribution is 0.0977. The number of fused-ring (bicyclic) bond motifs is 1. The summed E-state index contributed by atoms with van der Waals surface area (Å²) in [5.41, 5.74) is 2.47. The van der Waals surface area contributed by atoms with Gasteiger partial charge in [-0.1, -0.05) is 26.8 Å². The number of hydrogen-bond donors (Lipinski definition) is 2. The van der Waals surface area contributed by atoms with Crippen LogP contribution in [0.2, 0.25) is 0 Å². The number of thiocarbonyl (C=S) groups is 1. The maximum Gasteiger partial charge on any atom is 0.257 e. The van der Waals surface area contributed by atoms with Crippen LogP contribution >= 0.6 is 23.6 Å². The number of hydrogen-bond acceptors (Lipinski definition) is 5. The van der Waals surface area contributed by atoms with E-state index in [0.29, 0.717) is 27.8 Å². The van der Waals surface area contributed by atoms with E-state index in [-0.39, 0.29) is 22.5 Å². The molecule has 5 nitrogen and oxygen atoms in total. The van der Waals surface area contributed by atoms with Crippen molar-refractivity contribution in [3.8, 4) is 11.8 Å². The minimum Gasteiger partial charge on any atom is -0.491 e. The maximum atomic E-state index is 12.6. The highest BCUT2D eigenvalue weighted by molar-refractivity contribution is 7.80. The average molecular weight is 456 g/mol. The number of nitrogens with zero attached hydrogens (tertiary/aromatic N) is 1. The Morgan fingerprint density at radius 1 is 1.35 bits per heavy atom. The summed E-state index contributed by atoms with van der Waals surface area (Å²) in [6.45, 7) is 10.7. The van der Waals surface area contributed by atoms with E-state index in [1.165, 1.54) is 4.88 Å². The van der Waals surface area contributed by atoms with Crippen molar-refractivity contribution in [1.29, 1.82) is 5.26 Å². The molecule has 0 aliphatic heterocycles. The monoisotopic (exact) mass is 455 g/mol. The standard InChI is InChI=1S/C24H29N3O2S2/c1-14(2)29-17-8-6-7-15(11-17)21(28)26-23(30)27-22-19(13-25)18-10-9-16(24(3,4)5)12-20(18)31-22/h6-8,11,14,16H,9-10,12H2,1-5H3,(H2,26,27,28,30). The molecular formula is C24H29N3O2S2. The molecule has 1 aliphatic carbocycles. The summed E-state index contributed by atoms with van der Waals surface area (Å²) in [5, 5.41) is 16.4. The number of carbonyl (C=O) groups is 1. The van der Waals surface area contributed by atoms with Crippen LogP contribution in [0.1, 0.15) is 67.4 Å². The molecule has 0 saturated carbocycles. The largest absolute Gasteiger partial charge is 0.491 e. The normalized spacial score (nSPS) is 15.7. The quantitative estimate of drug-likeness (QED) is 0.580. The van der Waals surface area contributed by atoms with Gasteiger partial charge in [0.2, 0.25) is 0 Å². The Hall–Kier alpha value is -2.43. The first-order valence-electron chi connectivity index (χ1n) is 10.5. The van der Waals surface area contributed by atoms with Crippen molar-refractivity contribution in [3.05, 3.63) is 45.8 Å². The molecule has 3 rings (SSSR count). The van der Waals surface area contributed by atoms with Crippen LogP contribution in [0, 0.1) is 22.7 Å². The van der Waals surface area contributed by atoms with Crippen molar-refractivity contribution < 1.29 is 9.53 Å². The van der Waals surface area contributed by atoms with Crippen LogP contribution in [-0.4, -0.2) is 17.1 Å². The third-order valence-corrected chi connectivity index (χ3v) is 6.90. The molecular weight excluding hydrogens is 426 g/mol. The van der Waals surface area contributed by atoms with Gasteiger partial charge in [0.1, 0.15) is 16.8 Å². The van der Waals surface area contributed by atoms with Crippen LogP contribution in [0.25, 0.3) is 0 Å². The molecule has 31 heavy (non-hydrogen) atoms. The Morgan fingerprint density at radius 3 is 2.74 bits per heavy atom. The van der Waals surface area contributed by atoms with Gasteiger partial charge >= 0.3 is 0 Å². The lowest BCUT2D eigenvalue weighted by Gasteiger charge is -2.33. The van der Waals surface area contributed by atoms with E-state index < -0.39 is 0 Å². The maximum absolute atomic E-state index is 12.6. The molecule has 0 radical (unpaired) electrons. The average Bonchev–Trinajstić information content (AvgIpc) is 3.02. The fourth-order valence-corrected chi connectivity index (χ4v) is 5.37. The molecule has 1 unspecified atom stereocenters. The summed E-state index contributed by atoms with van der Waals surface area (Å²) in [6.07, 6.45) is 2.98. The number of rotatable bonds is 4. The predicted molar refractivity (Wildman–Crippen MR) is 130 cm³/mol. The second kappa shape index (κ2) is 9.37. The van der Waals surface area contributed by atoms with Crippen molar-refractivity contribution in [2.24, 2.45) is 11.3 Å². The van der Waals surface area contributed by atoms with Crippen LogP contribution < -0.4 is 15.4 Å². The third-order valence-electron chi connectivity index (χ3n) is 5.52. The van der Waals surface area contributed by atoms with Crippen LogP contribution in [0.15, 0.2) is 24.3 Å². The number of amides is 1. The fraction of sp³-hybridized carbons (Fsp3) is 0.458. The number of ether oxygens (including phenoxy) is 1. The topological polar surface area (TPSA) is 74.2 Å². The molecule has 1 amide bonds. The molecule has 1 heterocycles. The van der Waals surface area contributed by atoms with Gasteiger partial charge in [0.25, 0.3) is 5.91 Å². The molecule has 0 spiro atoms. The van der Waals surface area contributed by atoms with E-state index in [2.05, 4.69) is 37.5 Å². The molecule has 1 aromatic carbocycles. The lowest BCUT2D eigenvalue weighted by atomic mass is 9.72. The van der Waals surface area contributed by atoms with Gasteiger partial charge in [-0.25, -0.2) is 0 Å². The van der Waals surface area contributed by atoms with E-state index in [0.717, 1.165) is 24.8 Å². The molecule has 2 aromatic rings. The molecule has 2 N–H and O–H groups in total. The first-order chi connectivity index (χ1) is 14.6. The highest BCUT2D eigenvalue weighted by Gasteiger charge is 2.32. The van der Waals surface area contributed by atoms with Gasteiger partial charge in [-0.3, -0.25) is 10.1 Å². The number of benzene rings is 1. The third kappa shape index (κ3) is 5.63. The van der Waals surface area contributed by atoms with Crippen molar-refractivity contribution in [3.63, 3.8) is 0 Å². The summed E-state index contributed by atoms with van der Waals surface area (Å²) >= 11 is 6.94. The Kier molecular flexibility index (Phi) is 7.03. The summed E-state index contributed by atoms with van der Waals surface area (Å²) in [4.78, 5) is 13.9. The van der Waals surface area contributed by atoms with Gasteiger partial charge in [-0.15, -0.1) is 11.3 Å². The minimum atomic E-state index is -0.320. The Balaban J connectivity index is 1.71. The number of nitriles is 1. The zero-order valence-electron chi connectivity index (χ0n) is 18.7. The first-order valence-corrected chi connectivity index (χ1v) is 11.7. The second-order valence-electron chi connectivity index (χ2n) is 9.23. The fourth-order valence-electron chi connectivity index (χ4n) is 3.82. The highest BCUT2D eigenvalue weighted by Crippen LogP contribution is 2.43. The first kappa shape index (κ1) is 23.2. The van der Waals surface area contributed by atoms with E-state index in [4.69, 9.17) is 17.0 Å². The van der Waals surface area contributed by atoms with Gasteiger partial charge in [0.15, 0.2) is 5.11 Å². The van der Waals surface area contributed by atoms with Gasteiger partial charge < -0.3 is 10.1 Å². The van der Waals surface area contributed by atoms with Crippen molar-refractivity contribution in [2.45, 2.75) is 60.0 Å². The van der Waals surface area contributed by atoms with Gasteiger partial charge in [-0.05, 0) is 80.4 Å². The summed E-state index contributed by atoms with van der Waals surface area (Å²) in [7, 11) is 0. The van der Waals surface area contributed by atoms with Crippen LogP contribution in [0.3, 0.4) is 0 Å². The number of anilines is 1. The van der Waals surface area contributed by atoms with Gasteiger partial charge in [0, 0.05) is 10.4 Å². The van der Waals surface area contributed by atoms with E-state index in [1.807, 2.05) is 19.9 Å². The Bertz CT molecular complexity index is 1030. The molecule has 0 fully saturated rings. The van der Waals surface area contributed by atoms with Crippen LogP contribution in [-0.2, 0) is 12.8 Å². The number of carbonyl (C=O) groups excluding carboxylic acids is 1.